The molecular weight excluding hydrogens is 426 g/mol. The van der Waals surface area contributed by atoms with Gasteiger partial charge in [-0.05, 0) is 61.9 Å². The Kier molecular flexibility index (Phi) is 7.84. The Morgan fingerprint density at radius 2 is 1.88 bits per heavy atom. The number of nitrogens with zero attached hydrogens (tertiary/aromatic N) is 2. The van der Waals surface area contributed by atoms with E-state index >= 15 is 0 Å². The van der Waals surface area contributed by atoms with Crippen molar-refractivity contribution >= 4 is 28.5 Å². The molecule has 1 aromatic heterocycles. The fraction of sp³-hybridized carbons (Fsp3) is 0.208. The number of carbonyl (C=O) groups is 1. The molecule has 32 heavy (non-hydrogen) atoms. The first-order valence-electron chi connectivity index (χ1n) is 10.0. The molecule has 3 rings (SSSR count). The zero-order valence-electron chi connectivity index (χ0n) is 18.0. The number of benzene rings is 2. The SMILES string of the molecule is CCOc1ccc(-c2csc(NC(=O)/C(C#N)=C/c3ccc(OCC)c(OC)c3)n2)cc1. The average Bonchev–Trinajstić information content (AvgIpc) is 3.27. The van der Waals surface area contributed by atoms with E-state index in [0.717, 1.165) is 17.0 Å². The third-order valence-corrected chi connectivity index (χ3v) is 5.11. The van der Waals surface area contributed by atoms with Gasteiger partial charge in [0.25, 0.3) is 5.91 Å². The summed E-state index contributed by atoms with van der Waals surface area (Å²) in [7, 11) is 1.54. The highest BCUT2D eigenvalue weighted by atomic mass is 32.1. The number of hydrogen-bond donors (Lipinski definition) is 1. The molecule has 0 atom stereocenters. The Balaban J connectivity index is 1.74. The predicted octanol–water partition coefficient (Wildman–Crippen LogP) is 5.16. The van der Waals surface area contributed by atoms with Gasteiger partial charge in [-0.3, -0.25) is 10.1 Å². The summed E-state index contributed by atoms with van der Waals surface area (Å²) in [5.74, 6) is 1.38. The van der Waals surface area contributed by atoms with Crippen molar-refractivity contribution in [2.75, 3.05) is 25.6 Å². The van der Waals surface area contributed by atoms with Crippen LogP contribution in [0.3, 0.4) is 0 Å². The lowest BCUT2D eigenvalue weighted by atomic mass is 10.1. The van der Waals surface area contributed by atoms with Crippen molar-refractivity contribution in [2.45, 2.75) is 13.8 Å². The van der Waals surface area contributed by atoms with E-state index in [1.54, 1.807) is 18.2 Å². The highest BCUT2D eigenvalue weighted by Crippen LogP contribution is 2.29. The first kappa shape index (κ1) is 22.8. The van der Waals surface area contributed by atoms with Crippen molar-refractivity contribution in [3.63, 3.8) is 0 Å². The molecular formula is C24H23N3O4S. The summed E-state index contributed by atoms with van der Waals surface area (Å²) in [6, 6.07) is 14.7. The zero-order valence-corrected chi connectivity index (χ0v) is 18.9. The Hall–Kier alpha value is -3.83. The average molecular weight is 450 g/mol. The normalized spacial score (nSPS) is 10.9. The summed E-state index contributed by atoms with van der Waals surface area (Å²) in [4.78, 5) is 17.1. The number of nitrogens with one attached hydrogen (secondary N) is 1. The van der Waals surface area contributed by atoms with E-state index in [9.17, 15) is 10.1 Å². The Labute approximate surface area is 190 Å². The van der Waals surface area contributed by atoms with Crippen LogP contribution < -0.4 is 19.5 Å². The van der Waals surface area contributed by atoms with Crippen LogP contribution >= 0.6 is 11.3 Å². The van der Waals surface area contributed by atoms with Crippen LogP contribution in [0, 0.1) is 11.3 Å². The van der Waals surface area contributed by atoms with E-state index in [1.165, 1.54) is 24.5 Å². The lowest BCUT2D eigenvalue weighted by Gasteiger charge is -2.09. The summed E-state index contributed by atoms with van der Waals surface area (Å²) in [6.07, 6.45) is 1.49. The minimum Gasteiger partial charge on any atom is -0.494 e. The van der Waals surface area contributed by atoms with Gasteiger partial charge in [0.05, 0.1) is 26.0 Å². The van der Waals surface area contributed by atoms with Gasteiger partial charge in [0, 0.05) is 10.9 Å². The van der Waals surface area contributed by atoms with Gasteiger partial charge in [0.2, 0.25) is 0 Å². The number of aromatic nitrogens is 1. The highest BCUT2D eigenvalue weighted by molar-refractivity contribution is 7.14. The smallest absolute Gasteiger partial charge is 0.268 e. The monoisotopic (exact) mass is 449 g/mol. The molecule has 0 unspecified atom stereocenters. The molecule has 7 nitrogen and oxygen atoms in total. The van der Waals surface area contributed by atoms with Gasteiger partial charge in [-0.2, -0.15) is 5.26 Å². The van der Waals surface area contributed by atoms with Crippen LogP contribution in [0.4, 0.5) is 5.13 Å². The van der Waals surface area contributed by atoms with Crippen LogP contribution in [0.25, 0.3) is 17.3 Å². The molecule has 0 spiro atoms. The molecule has 0 saturated carbocycles. The van der Waals surface area contributed by atoms with Crippen LogP contribution in [0.1, 0.15) is 19.4 Å². The van der Waals surface area contributed by atoms with Crippen molar-refractivity contribution in [3.05, 3.63) is 59.0 Å². The summed E-state index contributed by atoms with van der Waals surface area (Å²) in [5, 5.41) is 14.4. The summed E-state index contributed by atoms with van der Waals surface area (Å²) >= 11 is 1.29. The van der Waals surface area contributed by atoms with Crippen LogP contribution in [-0.2, 0) is 4.79 Å². The van der Waals surface area contributed by atoms with Crippen molar-refractivity contribution in [3.8, 4) is 34.6 Å². The van der Waals surface area contributed by atoms with Gasteiger partial charge in [0.1, 0.15) is 17.4 Å². The maximum absolute atomic E-state index is 12.6. The second-order valence-electron chi connectivity index (χ2n) is 6.46. The van der Waals surface area contributed by atoms with Crippen molar-refractivity contribution in [1.29, 1.82) is 5.26 Å². The number of hydrogen-bond acceptors (Lipinski definition) is 7. The molecule has 2 aromatic carbocycles. The Morgan fingerprint density at radius 1 is 1.12 bits per heavy atom. The minimum absolute atomic E-state index is 0.0472. The Bertz CT molecular complexity index is 1150. The number of methoxy groups -OCH3 is 1. The molecule has 0 aliphatic heterocycles. The van der Waals surface area contributed by atoms with Gasteiger partial charge in [-0.15, -0.1) is 11.3 Å². The van der Waals surface area contributed by atoms with Crippen LogP contribution in [0.15, 0.2) is 53.4 Å². The third-order valence-electron chi connectivity index (χ3n) is 4.35. The molecule has 0 saturated heterocycles. The van der Waals surface area contributed by atoms with Crippen LogP contribution in [0.2, 0.25) is 0 Å². The highest BCUT2D eigenvalue weighted by Gasteiger charge is 2.14. The molecule has 3 aromatic rings. The summed E-state index contributed by atoms with van der Waals surface area (Å²) in [6.45, 7) is 4.92. The van der Waals surface area contributed by atoms with Crippen molar-refractivity contribution in [1.82, 2.24) is 4.98 Å². The van der Waals surface area contributed by atoms with Crippen LogP contribution in [0.5, 0.6) is 17.2 Å². The lowest BCUT2D eigenvalue weighted by molar-refractivity contribution is -0.112. The maximum Gasteiger partial charge on any atom is 0.268 e. The Morgan fingerprint density at radius 3 is 2.53 bits per heavy atom. The van der Waals surface area contributed by atoms with E-state index in [-0.39, 0.29) is 5.57 Å². The standard InChI is InChI=1S/C24H23N3O4S/c1-4-30-19-9-7-17(8-10-19)20-15-32-24(26-20)27-23(28)18(14-25)12-16-6-11-21(31-5-2)22(13-16)29-3/h6-13,15H,4-5H2,1-3H3,(H,26,27,28)/b18-12+. The second-order valence-corrected chi connectivity index (χ2v) is 7.32. The number of anilines is 1. The topological polar surface area (TPSA) is 93.5 Å². The number of ether oxygens (including phenoxy) is 3. The number of rotatable bonds is 9. The molecule has 8 heteroatoms. The number of thiazole rings is 1. The van der Waals surface area contributed by atoms with E-state index in [1.807, 2.05) is 49.6 Å². The van der Waals surface area contributed by atoms with Crippen molar-refractivity contribution in [2.24, 2.45) is 0 Å². The predicted molar refractivity (Wildman–Crippen MR) is 125 cm³/mol. The largest absolute Gasteiger partial charge is 0.494 e. The second kappa shape index (κ2) is 11.0. The minimum atomic E-state index is -0.534. The van der Waals surface area contributed by atoms with E-state index in [2.05, 4.69) is 10.3 Å². The van der Waals surface area contributed by atoms with Gasteiger partial charge < -0.3 is 14.2 Å². The number of carbonyl (C=O) groups excluding carboxylic acids is 1. The molecule has 0 aliphatic carbocycles. The molecule has 0 bridgehead atoms. The first-order valence-corrected chi connectivity index (χ1v) is 10.9. The molecule has 0 fully saturated rings. The maximum atomic E-state index is 12.6. The van der Waals surface area contributed by atoms with Gasteiger partial charge in [-0.1, -0.05) is 6.07 Å². The third kappa shape index (κ3) is 5.65. The summed E-state index contributed by atoms with van der Waals surface area (Å²) in [5.41, 5.74) is 2.23. The molecule has 1 heterocycles. The first-order chi connectivity index (χ1) is 15.6. The zero-order chi connectivity index (χ0) is 22.9. The van der Waals surface area contributed by atoms with E-state index < -0.39 is 5.91 Å². The van der Waals surface area contributed by atoms with Crippen LogP contribution in [-0.4, -0.2) is 31.2 Å². The molecule has 1 amide bonds. The van der Waals surface area contributed by atoms with E-state index in [4.69, 9.17) is 14.2 Å². The van der Waals surface area contributed by atoms with Gasteiger partial charge >= 0.3 is 0 Å². The molecule has 164 valence electrons. The fourth-order valence-corrected chi connectivity index (χ4v) is 3.60. The van der Waals surface area contributed by atoms with Gasteiger partial charge in [0.15, 0.2) is 16.6 Å². The lowest BCUT2D eigenvalue weighted by Crippen LogP contribution is -2.13. The molecule has 0 aliphatic rings. The molecule has 0 radical (unpaired) electrons. The molecule has 1 N–H and O–H groups in total. The van der Waals surface area contributed by atoms with Crippen molar-refractivity contribution < 1.29 is 19.0 Å². The summed E-state index contributed by atoms with van der Waals surface area (Å²) < 4.78 is 16.3. The number of amides is 1. The van der Waals surface area contributed by atoms with Gasteiger partial charge in [-0.25, -0.2) is 4.98 Å². The van der Waals surface area contributed by atoms with E-state index in [0.29, 0.717) is 35.4 Å². The number of nitriles is 1. The quantitative estimate of drug-likeness (QED) is 0.358. The fourth-order valence-electron chi connectivity index (χ4n) is 2.88.